The maximum atomic E-state index is 11.6. The Hall–Kier alpha value is -1.32. The Bertz CT molecular complexity index is 288. The summed E-state index contributed by atoms with van der Waals surface area (Å²) in [6.07, 6.45) is 3.71. The number of aliphatic carboxylic acids is 1. The SMILES string of the molecule is CC(C)=CC(=O)N(CC(=O)O)CC1CC1. The number of allylic oxidation sites excluding steroid dienone is 1. The van der Waals surface area contributed by atoms with Crippen LogP contribution in [0.2, 0.25) is 0 Å². The number of rotatable bonds is 5. The zero-order valence-corrected chi connectivity index (χ0v) is 9.19. The molecule has 1 fully saturated rings. The summed E-state index contributed by atoms with van der Waals surface area (Å²) < 4.78 is 0. The number of hydrogen-bond acceptors (Lipinski definition) is 2. The second kappa shape index (κ2) is 4.96. The Morgan fingerprint density at radius 1 is 1.40 bits per heavy atom. The molecule has 0 aromatic heterocycles. The highest BCUT2D eigenvalue weighted by Gasteiger charge is 2.27. The van der Waals surface area contributed by atoms with Gasteiger partial charge in [-0.15, -0.1) is 0 Å². The molecule has 1 saturated carbocycles. The fourth-order valence-corrected chi connectivity index (χ4v) is 1.35. The first-order chi connectivity index (χ1) is 6.99. The maximum Gasteiger partial charge on any atom is 0.323 e. The van der Waals surface area contributed by atoms with Crippen molar-refractivity contribution in [1.82, 2.24) is 4.90 Å². The van der Waals surface area contributed by atoms with Crippen LogP contribution >= 0.6 is 0 Å². The minimum Gasteiger partial charge on any atom is -0.480 e. The van der Waals surface area contributed by atoms with Crippen molar-refractivity contribution in [1.29, 1.82) is 0 Å². The van der Waals surface area contributed by atoms with E-state index in [0.717, 1.165) is 18.4 Å². The highest BCUT2D eigenvalue weighted by atomic mass is 16.4. The van der Waals surface area contributed by atoms with Gasteiger partial charge in [0.15, 0.2) is 0 Å². The molecule has 0 unspecified atom stereocenters. The summed E-state index contributed by atoms with van der Waals surface area (Å²) in [5.41, 5.74) is 0.895. The molecular formula is C11H17NO3. The van der Waals surface area contributed by atoms with Crippen LogP contribution in [0.4, 0.5) is 0 Å². The third-order valence-corrected chi connectivity index (χ3v) is 2.23. The molecule has 84 valence electrons. The van der Waals surface area contributed by atoms with Crippen molar-refractivity contribution >= 4 is 11.9 Å². The summed E-state index contributed by atoms with van der Waals surface area (Å²) in [6, 6.07) is 0. The molecule has 1 rings (SSSR count). The van der Waals surface area contributed by atoms with Crippen LogP contribution in [0, 0.1) is 5.92 Å². The third-order valence-electron chi connectivity index (χ3n) is 2.23. The van der Waals surface area contributed by atoms with Crippen molar-refractivity contribution < 1.29 is 14.7 Å². The molecule has 1 aliphatic carbocycles. The number of carbonyl (C=O) groups is 2. The molecule has 1 N–H and O–H groups in total. The zero-order chi connectivity index (χ0) is 11.4. The lowest BCUT2D eigenvalue weighted by Gasteiger charge is -2.18. The van der Waals surface area contributed by atoms with Gasteiger partial charge in [0.25, 0.3) is 0 Å². The van der Waals surface area contributed by atoms with E-state index in [1.54, 1.807) is 0 Å². The monoisotopic (exact) mass is 211 g/mol. The summed E-state index contributed by atoms with van der Waals surface area (Å²) >= 11 is 0. The predicted octanol–water partition coefficient (Wildman–Crippen LogP) is 1.28. The summed E-state index contributed by atoms with van der Waals surface area (Å²) in [5.74, 6) is -0.630. The standard InChI is InChI=1S/C11H17NO3/c1-8(2)5-10(13)12(7-11(14)15)6-9-3-4-9/h5,9H,3-4,6-7H2,1-2H3,(H,14,15). The van der Waals surface area contributed by atoms with Crippen LogP contribution in [0.3, 0.4) is 0 Å². The van der Waals surface area contributed by atoms with Crippen LogP contribution in [-0.4, -0.2) is 35.0 Å². The maximum absolute atomic E-state index is 11.6. The van der Waals surface area contributed by atoms with Crippen molar-refractivity contribution in [2.24, 2.45) is 5.92 Å². The lowest BCUT2D eigenvalue weighted by Crippen LogP contribution is -2.36. The largest absolute Gasteiger partial charge is 0.480 e. The Morgan fingerprint density at radius 2 is 2.00 bits per heavy atom. The van der Waals surface area contributed by atoms with Crippen molar-refractivity contribution in [3.63, 3.8) is 0 Å². The van der Waals surface area contributed by atoms with E-state index < -0.39 is 5.97 Å². The Morgan fingerprint density at radius 3 is 2.40 bits per heavy atom. The molecule has 4 nitrogen and oxygen atoms in total. The average Bonchev–Trinajstić information content (AvgIpc) is 2.84. The van der Waals surface area contributed by atoms with Gasteiger partial charge in [-0.05, 0) is 32.6 Å². The van der Waals surface area contributed by atoms with Crippen LogP contribution in [0.15, 0.2) is 11.6 Å². The lowest BCUT2D eigenvalue weighted by molar-refractivity contribution is -0.142. The van der Waals surface area contributed by atoms with Crippen LogP contribution in [0.1, 0.15) is 26.7 Å². The molecule has 0 aromatic rings. The number of amides is 1. The predicted molar refractivity (Wildman–Crippen MR) is 56.4 cm³/mol. The molecule has 0 bridgehead atoms. The van der Waals surface area contributed by atoms with Gasteiger partial charge in [-0.3, -0.25) is 9.59 Å². The highest BCUT2D eigenvalue weighted by molar-refractivity contribution is 5.90. The molecule has 0 spiro atoms. The van der Waals surface area contributed by atoms with E-state index >= 15 is 0 Å². The van der Waals surface area contributed by atoms with Gasteiger partial charge in [-0.1, -0.05) is 5.57 Å². The van der Waals surface area contributed by atoms with E-state index in [-0.39, 0.29) is 12.5 Å². The summed E-state index contributed by atoms with van der Waals surface area (Å²) in [7, 11) is 0. The Balaban J connectivity index is 2.56. The Kier molecular flexibility index (Phi) is 3.88. The van der Waals surface area contributed by atoms with Crippen LogP contribution in [0.25, 0.3) is 0 Å². The zero-order valence-electron chi connectivity index (χ0n) is 9.19. The van der Waals surface area contributed by atoms with Crippen molar-refractivity contribution in [2.45, 2.75) is 26.7 Å². The number of hydrogen-bond donors (Lipinski definition) is 1. The van der Waals surface area contributed by atoms with E-state index in [9.17, 15) is 9.59 Å². The average molecular weight is 211 g/mol. The second-order valence-electron chi connectivity index (χ2n) is 4.28. The van der Waals surface area contributed by atoms with E-state index in [1.807, 2.05) is 13.8 Å². The molecule has 4 heteroatoms. The van der Waals surface area contributed by atoms with Gasteiger partial charge in [-0.2, -0.15) is 0 Å². The van der Waals surface area contributed by atoms with Crippen LogP contribution in [-0.2, 0) is 9.59 Å². The summed E-state index contributed by atoms with van der Waals surface area (Å²) in [4.78, 5) is 23.6. The molecule has 0 atom stereocenters. The first-order valence-corrected chi connectivity index (χ1v) is 5.14. The van der Waals surface area contributed by atoms with E-state index in [1.165, 1.54) is 11.0 Å². The molecular weight excluding hydrogens is 194 g/mol. The summed E-state index contributed by atoms with van der Waals surface area (Å²) in [5, 5.41) is 8.69. The number of carbonyl (C=O) groups excluding carboxylic acids is 1. The van der Waals surface area contributed by atoms with Gasteiger partial charge >= 0.3 is 5.97 Å². The molecule has 1 amide bonds. The minimum atomic E-state index is -0.953. The molecule has 0 radical (unpaired) electrons. The molecule has 1 aliphatic rings. The van der Waals surface area contributed by atoms with Crippen LogP contribution < -0.4 is 0 Å². The van der Waals surface area contributed by atoms with E-state index in [2.05, 4.69) is 0 Å². The molecule has 0 heterocycles. The Labute approximate surface area is 89.6 Å². The topological polar surface area (TPSA) is 57.6 Å². The van der Waals surface area contributed by atoms with Crippen molar-refractivity contribution in [2.75, 3.05) is 13.1 Å². The smallest absolute Gasteiger partial charge is 0.323 e. The van der Waals surface area contributed by atoms with Crippen LogP contribution in [0.5, 0.6) is 0 Å². The highest BCUT2D eigenvalue weighted by Crippen LogP contribution is 2.29. The fourth-order valence-electron chi connectivity index (χ4n) is 1.35. The summed E-state index contributed by atoms with van der Waals surface area (Å²) in [6.45, 7) is 4.04. The fraction of sp³-hybridized carbons (Fsp3) is 0.636. The van der Waals surface area contributed by atoms with E-state index in [4.69, 9.17) is 5.11 Å². The van der Waals surface area contributed by atoms with Gasteiger partial charge in [0.1, 0.15) is 6.54 Å². The van der Waals surface area contributed by atoms with Crippen molar-refractivity contribution in [3.05, 3.63) is 11.6 Å². The van der Waals surface area contributed by atoms with Gasteiger partial charge in [0.05, 0.1) is 0 Å². The lowest BCUT2D eigenvalue weighted by atomic mass is 10.3. The number of carboxylic acid groups (broad SMARTS) is 1. The van der Waals surface area contributed by atoms with Gasteiger partial charge in [0.2, 0.25) is 5.91 Å². The minimum absolute atomic E-state index is 0.190. The molecule has 0 aliphatic heterocycles. The van der Waals surface area contributed by atoms with E-state index in [0.29, 0.717) is 12.5 Å². The molecule has 15 heavy (non-hydrogen) atoms. The normalized spacial score (nSPS) is 14.5. The third kappa shape index (κ3) is 4.63. The second-order valence-corrected chi connectivity index (χ2v) is 4.28. The number of carboxylic acids is 1. The molecule has 0 saturated heterocycles. The first-order valence-electron chi connectivity index (χ1n) is 5.14. The number of nitrogens with zero attached hydrogens (tertiary/aromatic N) is 1. The molecule has 0 aromatic carbocycles. The van der Waals surface area contributed by atoms with Gasteiger partial charge < -0.3 is 10.0 Å². The van der Waals surface area contributed by atoms with Gasteiger partial charge in [-0.25, -0.2) is 0 Å². The van der Waals surface area contributed by atoms with Crippen molar-refractivity contribution in [3.8, 4) is 0 Å². The quantitative estimate of drug-likeness (QED) is 0.697. The van der Waals surface area contributed by atoms with Gasteiger partial charge in [0, 0.05) is 12.6 Å². The first kappa shape index (κ1) is 11.8.